The zero-order valence-electron chi connectivity index (χ0n) is 10.2. The van der Waals surface area contributed by atoms with Crippen molar-refractivity contribution in [2.75, 3.05) is 29.9 Å². The second-order valence-electron chi connectivity index (χ2n) is 4.32. The minimum absolute atomic E-state index is 0.286. The van der Waals surface area contributed by atoms with Crippen LogP contribution in [0.4, 0.5) is 24.8 Å². The molecule has 0 radical (unpaired) electrons. The average Bonchev–Trinajstić information content (AvgIpc) is 2.81. The number of aromatic nitrogens is 1. The van der Waals surface area contributed by atoms with Gasteiger partial charge in [-0.05, 0) is 31.9 Å². The Morgan fingerprint density at radius 1 is 1.28 bits per heavy atom. The van der Waals surface area contributed by atoms with Crippen molar-refractivity contribution in [3.05, 3.63) is 17.7 Å². The molecule has 1 aliphatic rings. The number of hydrogen-bond donors (Lipinski definition) is 1. The van der Waals surface area contributed by atoms with Crippen LogP contribution < -0.4 is 10.2 Å². The second kappa shape index (κ2) is 5.04. The van der Waals surface area contributed by atoms with Crippen LogP contribution >= 0.6 is 0 Å². The lowest BCUT2D eigenvalue weighted by Crippen LogP contribution is -2.20. The molecule has 0 aliphatic carbocycles. The van der Waals surface area contributed by atoms with Crippen molar-refractivity contribution in [2.45, 2.75) is 25.9 Å². The first-order valence-electron chi connectivity index (χ1n) is 6.09. The Hall–Kier alpha value is -1.46. The number of alkyl halides is 3. The van der Waals surface area contributed by atoms with E-state index in [0.29, 0.717) is 12.4 Å². The zero-order valence-corrected chi connectivity index (χ0v) is 10.2. The Labute approximate surface area is 104 Å². The molecule has 1 aromatic rings. The highest BCUT2D eigenvalue weighted by atomic mass is 19.4. The fraction of sp³-hybridized carbons (Fsp3) is 0.583. The van der Waals surface area contributed by atoms with Crippen molar-refractivity contribution in [2.24, 2.45) is 0 Å². The maximum Gasteiger partial charge on any atom is 0.416 e. The predicted octanol–water partition coefficient (Wildman–Crippen LogP) is 3.13. The molecule has 0 aromatic carbocycles. The van der Waals surface area contributed by atoms with Gasteiger partial charge in [-0.15, -0.1) is 0 Å². The number of anilines is 2. The molecule has 0 amide bonds. The minimum atomic E-state index is -4.33. The molecule has 0 unspecified atom stereocenters. The first kappa shape index (κ1) is 13.0. The Morgan fingerprint density at radius 2 is 1.94 bits per heavy atom. The van der Waals surface area contributed by atoms with Crippen molar-refractivity contribution in [1.82, 2.24) is 4.98 Å². The van der Waals surface area contributed by atoms with Crippen LogP contribution in [0.15, 0.2) is 12.1 Å². The number of rotatable bonds is 3. The standard InChI is InChI=1S/C12H16F3N3/c1-2-16-10-7-9(12(13,14)15)8-11(17-10)18-5-3-4-6-18/h7-8H,2-6H2,1H3,(H,16,17). The van der Waals surface area contributed by atoms with E-state index in [-0.39, 0.29) is 5.82 Å². The lowest BCUT2D eigenvalue weighted by Gasteiger charge is -2.19. The predicted molar refractivity (Wildman–Crippen MR) is 64.8 cm³/mol. The van der Waals surface area contributed by atoms with Gasteiger partial charge in [0.15, 0.2) is 0 Å². The second-order valence-corrected chi connectivity index (χ2v) is 4.32. The number of hydrogen-bond acceptors (Lipinski definition) is 3. The van der Waals surface area contributed by atoms with Gasteiger partial charge in [0, 0.05) is 19.6 Å². The highest BCUT2D eigenvalue weighted by Crippen LogP contribution is 2.33. The van der Waals surface area contributed by atoms with Crippen LogP contribution in [-0.2, 0) is 6.18 Å². The summed E-state index contributed by atoms with van der Waals surface area (Å²) in [6.07, 6.45) is -2.31. The number of halogens is 3. The highest BCUT2D eigenvalue weighted by Gasteiger charge is 2.32. The van der Waals surface area contributed by atoms with E-state index < -0.39 is 11.7 Å². The van der Waals surface area contributed by atoms with Gasteiger partial charge in [0.25, 0.3) is 0 Å². The van der Waals surface area contributed by atoms with E-state index >= 15 is 0 Å². The third-order valence-corrected chi connectivity index (χ3v) is 2.93. The SMILES string of the molecule is CCNc1cc(C(F)(F)F)cc(N2CCCC2)n1. The summed E-state index contributed by atoms with van der Waals surface area (Å²) in [6.45, 7) is 3.94. The van der Waals surface area contributed by atoms with Crippen molar-refractivity contribution in [3.63, 3.8) is 0 Å². The van der Waals surface area contributed by atoms with Gasteiger partial charge in [-0.3, -0.25) is 0 Å². The summed E-state index contributed by atoms with van der Waals surface area (Å²) in [4.78, 5) is 6.13. The third-order valence-electron chi connectivity index (χ3n) is 2.93. The third kappa shape index (κ3) is 2.86. The summed E-state index contributed by atoms with van der Waals surface area (Å²) in [5, 5.41) is 2.85. The van der Waals surface area contributed by atoms with E-state index in [1.54, 1.807) is 0 Å². The summed E-state index contributed by atoms with van der Waals surface area (Å²) < 4.78 is 38.4. The molecule has 18 heavy (non-hydrogen) atoms. The monoisotopic (exact) mass is 259 g/mol. The van der Waals surface area contributed by atoms with Crippen LogP contribution in [0.3, 0.4) is 0 Å². The van der Waals surface area contributed by atoms with Gasteiger partial charge >= 0.3 is 6.18 Å². The maximum absolute atomic E-state index is 12.8. The van der Waals surface area contributed by atoms with Crippen LogP contribution in [0, 0.1) is 0 Å². The van der Waals surface area contributed by atoms with Crippen molar-refractivity contribution in [3.8, 4) is 0 Å². The summed E-state index contributed by atoms with van der Waals surface area (Å²) in [5.74, 6) is 0.701. The molecular weight excluding hydrogens is 243 g/mol. The molecule has 1 aliphatic heterocycles. The van der Waals surface area contributed by atoms with Gasteiger partial charge in [-0.1, -0.05) is 0 Å². The number of pyridine rings is 1. The molecule has 1 N–H and O–H groups in total. The van der Waals surface area contributed by atoms with Crippen LogP contribution in [0.25, 0.3) is 0 Å². The molecule has 1 saturated heterocycles. The van der Waals surface area contributed by atoms with Gasteiger partial charge in [0.05, 0.1) is 5.56 Å². The van der Waals surface area contributed by atoms with Gasteiger partial charge in [0.2, 0.25) is 0 Å². The molecule has 0 atom stereocenters. The topological polar surface area (TPSA) is 28.2 Å². The normalized spacial score (nSPS) is 16.1. The molecule has 1 aromatic heterocycles. The lowest BCUT2D eigenvalue weighted by molar-refractivity contribution is -0.137. The zero-order chi connectivity index (χ0) is 13.2. The van der Waals surface area contributed by atoms with Crippen molar-refractivity contribution >= 4 is 11.6 Å². The quantitative estimate of drug-likeness (QED) is 0.904. The van der Waals surface area contributed by atoms with Crippen LogP contribution in [0.1, 0.15) is 25.3 Å². The summed E-state index contributed by atoms with van der Waals surface area (Å²) in [7, 11) is 0. The van der Waals surface area contributed by atoms with E-state index in [0.717, 1.165) is 38.1 Å². The molecule has 3 nitrogen and oxygen atoms in total. The summed E-state index contributed by atoms with van der Waals surface area (Å²) in [5.41, 5.74) is -0.643. The summed E-state index contributed by atoms with van der Waals surface area (Å²) in [6, 6.07) is 2.19. The Kier molecular flexibility index (Phi) is 3.63. The van der Waals surface area contributed by atoms with Crippen LogP contribution in [0.2, 0.25) is 0 Å². The molecule has 0 saturated carbocycles. The Balaban J connectivity index is 2.35. The molecule has 2 rings (SSSR count). The van der Waals surface area contributed by atoms with Gasteiger partial charge in [-0.2, -0.15) is 13.2 Å². The largest absolute Gasteiger partial charge is 0.416 e. The molecule has 1 fully saturated rings. The highest BCUT2D eigenvalue weighted by molar-refractivity contribution is 5.51. The van der Waals surface area contributed by atoms with Crippen molar-refractivity contribution < 1.29 is 13.2 Å². The molecule has 6 heteroatoms. The fourth-order valence-electron chi connectivity index (χ4n) is 2.06. The van der Waals surface area contributed by atoms with E-state index in [1.165, 1.54) is 0 Å². The van der Waals surface area contributed by atoms with Gasteiger partial charge < -0.3 is 10.2 Å². The van der Waals surface area contributed by atoms with E-state index in [1.807, 2.05) is 11.8 Å². The average molecular weight is 259 g/mol. The van der Waals surface area contributed by atoms with E-state index in [4.69, 9.17) is 0 Å². The Bertz CT molecular complexity index is 412. The van der Waals surface area contributed by atoms with E-state index in [2.05, 4.69) is 10.3 Å². The van der Waals surface area contributed by atoms with Gasteiger partial charge in [0.1, 0.15) is 11.6 Å². The molecule has 2 heterocycles. The number of nitrogens with one attached hydrogen (secondary N) is 1. The molecule has 0 bridgehead atoms. The lowest BCUT2D eigenvalue weighted by atomic mass is 10.2. The van der Waals surface area contributed by atoms with Gasteiger partial charge in [-0.25, -0.2) is 4.98 Å². The van der Waals surface area contributed by atoms with Crippen LogP contribution in [0.5, 0.6) is 0 Å². The first-order chi connectivity index (χ1) is 8.50. The molecule has 100 valence electrons. The summed E-state index contributed by atoms with van der Waals surface area (Å²) >= 11 is 0. The maximum atomic E-state index is 12.8. The van der Waals surface area contributed by atoms with Crippen molar-refractivity contribution in [1.29, 1.82) is 0 Å². The fourth-order valence-corrected chi connectivity index (χ4v) is 2.06. The first-order valence-corrected chi connectivity index (χ1v) is 6.09. The smallest absolute Gasteiger partial charge is 0.370 e. The molecular formula is C12H16F3N3. The molecule has 0 spiro atoms. The minimum Gasteiger partial charge on any atom is -0.370 e. The Morgan fingerprint density at radius 3 is 2.50 bits per heavy atom. The van der Waals surface area contributed by atoms with Crippen LogP contribution in [-0.4, -0.2) is 24.6 Å². The van der Waals surface area contributed by atoms with E-state index in [9.17, 15) is 13.2 Å². The number of nitrogens with zero attached hydrogens (tertiary/aromatic N) is 2.